The molecule has 4 rings (SSSR count). The van der Waals surface area contributed by atoms with E-state index in [1.807, 2.05) is 43.5 Å². The summed E-state index contributed by atoms with van der Waals surface area (Å²) < 4.78 is 0. The number of hydrazone groups is 1. The number of nitro groups is 1. The van der Waals surface area contributed by atoms with Crippen molar-refractivity contribution in [2.75, 3.05) is 24.0 Å². The predicted molar refractivity (Wildman–Crippen MR) is 107 cm³/mol. The van der Waals surface area contributed by atoms with Crippen LogP contribution in [0.1, 0.15) is 5.56 Å². The van der Waals surface area contributed by atoms with Crippen LogP contribution in [-0.2, 0) is 0 Å². The first-order valence-electron chi connectivity index (χ1n) is 8.58. The maximum absolute atomic E-state index is 10.9. The number of amidine groups is 1. The van der Waals surface area contributed by atoms with E-state index in [1.54, 1.807) is 12.1 Å². The smallest absolute Gasteiger partial charge is 0.269 e. The minimum atomic E-state index is -0.398. The number of rotatable bonds is 4. The van der Waals surface area contributed by atoms with E-state index in [-0.39, 0.29) is 11.9 Å². The van der Waals surface area contributed by atoms with Gasteiger partial charge < -0.3 is 9.80 Å². The second-order valence-corrected chi connectivity index (χ2v) is 6.53. The lowest BCUT2D eigenvalue weighted by atomic mass is 10.1. The minimum absolute atomic E-state index is 0.0670. The van der Waals surface area contributed by atoms with Gasteiger partial charge in [0, 0.05) is 43.7 Å². The molecule has 1 unspecified atom stereocenters. The summed E-state index contributed by atoms with van der Waals surface area (Å²) >= 11 is 0. The van der Waals surface area contributed by atoms with Gasteiger partial charge >= 0.3 is 0 Å². The fourth-order valence-electron chi connectivity index (χ4n) is 3.15. The van der Waals surface area contributed by atoms with Gasteiger partial charge in [-0.1, -0.05) is 6.08 Å². The lowest BCUT2D eigenvalue weighted by Gasteiger charge is -2.28. The second-order valence-electron chi connectivity index (χ2n) is 6.53. The molecular weight excluding hydrogens is 342 g/mol. The zero-order valence-electron chi connectivity index (χ0n) is 15.1. The summed E-state index contributed by atoms with van der Waals surface area (Å²) in [6.45, 7) is 0. The van der Waals surface area contributed by atoms with Crippen molar-refractivity contribution in [2.45, 2.75) is 6.17 Å². The fourth-order valence-corrected chi connectivity index (χ4v) is 3.15. The standard InChI is InChI=1S/C20H19N5O2/c1-22(2)16-8-6-15(7-9-16)20-21-24(19-5-3-4-14-23(19)20)17-10-12-18(13-11-17)25(26)27/h3-14,19H,1-2H3. The van der Waals surface area contributed by atoms with Crippen molar-refractivity contribution < 1.29 is 4.92 Å². The van der Waals surface area contributed by atoms with Crippen molar-refractivity contribution in [3.05, 3.63) is 88.6 Å². The SMILES string of the molecule is CN(C)c1ccc(C2=NN(c3ccc([N+](=O)[O-])cc3)C3C=CC=CN23)cc1. The number of anilines is 2. The van der Waals surface area contributed by atoms with Gasteiger partial charge in [0.2, 0.25) is 0 Å². The number of hydrogen-bond acceptors (Lipinski definition) is 6. The Morgan fingerprint density at radius 1 is 1.04 bits per heavy atom. The Labute approximate surface area is 157 Å². The molecule has 0 aliphatic carbocycles. The highest BCUT2D eigenvalue weighted by molar-refractivity contribution is 6.02. The van der Waals surface area contributed by atoms with Gasteiger partial charge in [-0.05, 0) is 48.6 Å². The molecule has 0 fully saturated rings. The van der Waals surface area contributed by atoms with E-state index in [2.05, 4.69) is 34.1 Å². The van der Waals surface area contributed by atoms with Gasteiger partial charge in [0.25, 0.3) is 5.69 Å². The molecule has 0 spiro atoms. The summed E-state index contributed by atoms with van der Waals surface area (Å²) in [5.74, 6) is 0.837. The van der Waals surface area contributed by atoms with E-state index in [0.717, 1.165) is 22.8 Å². The molecule has 2 aromatic rings. The molecule has 7 heteroatoms. The van der Waals surface area contributed by atoms with Crippen molar-refractivity contribution in [3.63, 3.8) is 0 Å². The Morgan fingerprint density at radius 2 is 1.74 bits per heavy atom. The summed E-state index contributed by atoms with van der Waals surface area (Å²) in [7, 11) is 4.01. The van der Waals surface area contributed by atoms with Crippen LogP contribution in [0.2, 0.25) is 0 Å². The summed E-state index contributed by atoms with van der Waals surface area (Å²) in [5.41, 5.74) is 3.00. The molecule has 0 N–H and O–H groups in total. The van der Waals surface area contributed by atoms with Crippen LogP contribution < -0.4 is 9.91 Å². The molecule has 0 saturated heterocycles. The lowest BCUT2D eigenvalue weighted by Crippen LogP contribution is -2.38. The van der Waals surface area contributed by atoms with E-state index in [9.17, 15) is 10.1 Å². The Kier molecular flexibility index (Phi) is 4.12. The first-order chi connectivity index (χ1) is 13.0. The second kappa shape index (κ2) is 6.60. The van der Waals surface area contributed by atoms with Crippen LogP contribution in [0.5, 0.6) is 0 Å². The predicted octanol–water partition coefficient (Wildman–Crippen LogP) is 3.55. The lowest BCUT2D eigenvalue weighted by molar-refractivity contribution is -0.384. The highest BCUT2D eigenvalue weighted by atomic mass is 16.6. The molecule has 7 nitrogen and oxygen atoms in total. The van der Waals surface area contributed by atoms with Gasteiger partial charge in [0.15, 0.2) is 5.84 Å². The Bertz CT molecular complexity index is 945. The molecule has 2 aliphatic heterocycles. The molecule has 27 heavy (non-hydrogen) atoms. The number of nitrogens with zero attached hydrogens (tertiary/aromatic N) is 5. The number of non-ortho nitro benzene ring substituents is 1. The highest BCUT2D eigenvalue weighted by Crippen LogP contribution is 2.31. The van der Waals surface area contributed by atoms with E-state index in [1.165, 1.54) is 12.1 Å². The van der Waals surface area contributed by atoms with Gasteiger partial charge in [-0.15, -0.1) is 0 Å². The van der Waals surface area contributed by atoms with Gasteiger partial charge in [-0.2, -0.15) is 5.10 Å². The molecule has 2 heterocycles. The Balaban J connectivity index is 1.70. The average molecular weight is 361 g/mol. The largest absolute Gasteiger partial charge is 0.378 e. The topological polar surface area (TPSA) is 65.2 Å². The number of allylic oxidation sites excluding steroid dienone is 2. The van der Waals surface area contributed by atoms with E-state index in [4.69, 9.17) is 5.10 Å². The molecule has 0 aromatic heterocycles. The third kappa shape index (κ3) is 3.03. The van der Waals surface area contributed by atoms with Crippen molar-refractivity contribution in [3.8, 4) is 0 Å². The van der Waals surface area contributed by atoms with E-state index >= 15 is 0 Å². The van der Waals surface area contributed by atoms with Crippen molar-refractivity contribution >= 4 is 22.9 Å². The van der Waals surface area contributed by atoms with Crippen molar-refractivity contribution in [1.29, 1.82) is 0 Å². The van der Waals surface area contributed by atoms with Crippen LogP contribution in [0.15, 0.2) is 78.1 Å². The zero-order chi connectivity index (χ0) is 19.0. The number of nitro benzene ring substituents is 1. The molecule has 0 amide bonds. The first kappa shape index (κ1) is 16.8. The number of benzene rings is 2. The van der Waals surface area contributed by atoms with Crippen LogP contribution in [0.4, 0.5) is 17.1 Å². The quantitative estimate of drug-likeness (QED) is 0.615. The average Bonchev–Trinajstić information content (AvgIpc) is 3.08. The molecular formula is C20H19N5O2. The summed E-state index contributed by atoms with van der Waals surface area (Å²) in [4.78, 5) is 14.6. The van der Waals surface area contributed by atoms with Gasteiger partial charge in [0.1, 0.15) is 6.17 Å². The van der Waals surface area contributed by atoms with E-state index < -0.39 is 4.92 Å². The monoisotopic (exact) mass is 361 g/mol. The zero-order valence-corrected chi connectivity index (χ0v) is 15.1. The molecule has 1 atom stereocenters. The van der Waals surface area contributed by atoms with Crippen LogP contribution in [0, 0.1) is 10.1 Å². The summed E-state index contributed by atoms with van der Waals surface area (Å²) in [6, 6.07) is 14.7. The maximum Gasteiger partial charge on any atom is 0.269 e. The number of fused-ring (bicyclic) bond motifs is 1. The van der Waals surface area contributed by atoms with E-state index in [0.29, 0.717) is 0 Å². The first-order valence-corrected chi connectivity index (χ1v) is 8.58. The summed E-state index contributed by atoms with van der Waals surface area (Å²) in [6.07, 6.45) is 7.90. The molecule has 2 aromatic carbocycles. The molecule has 0 saturated carbocycles. The van der Waals surface area contributed by atoms with Crippen LogP contribution in [-0.4, -0.2) is 35.9 Å². The minimum Gasteiger partial charge on any atom is -0.378 e. The van der Waals surface area contributed by atoms with Gasteiger partial charge in [-0.25, -0.2) is 5.01 Å². The van der Waals surface area contributed by atoms with Crippen LogP contribution in [0.25, 0.3) is 0 Å². The normalized spacial score (nSPS) is 17.7. The Morgan fingerprint density at radius 3 is 2.37 bits per heavy atom. The molecule has 0 bridgehead atoms. The van der Waals surface area contributed by atoms with Gasteiger partial charge in [0.05, 0.1) is 10.6 Å². The fraction of sp³-hybridized carbons (Fsp3) is 0.150. The van der Waals surface area contributed by atoms with Crippen molar-refractivity contribution in [2.24, 2.45) is 5.10 Å². The third-order valence-corrected chi connectivity index (χ3v) is 4.59. The Hall–Kier alpha value is -3.61. The summed E-state index contributed by atoms with van der Waals surface area (Å²) in [5, 5.41) is 17.6. The molecule has 136 valence electrons. The van der Waals surface area contributed by atoms with Crippen LogP contribution >= 0.6 is 0 Å². The highest BCUT2D eigenvalue weighted by Gasteiger charge is 2.33. The molecule has 0 radical (unpaired) electrons. The van der Waals surface area contributed by atoms with Gasteiger partial charge in [-0.3, -0.25) is 10.1 Å². The third-order valence-electron chi connectivity index (χ3n) is 4.59. The van der Waals surface area contributed by atoms with Crippen LogP contribution in [0.3, 0.4) is 0 Å². The maximum atomic E-state index is 10.9. The molecule has 2 aliphatic rings. The number of hydrogen-bond donors (Lipinski definition) is 0. The van der Waals surface area contributed by atoms with Crippen molar-refractivity contribution in [1.82, 2.24) is 4.90 Å².